The molecule has 4 atom stereocenters. The molecule has 0 radical (unpaired) electrons. The third-order valence-corrected chi connectivity index (χ3v) is 6.64. The molecule has 6 heteroatoms. The SMILES string of the molecule is O=C([O-])[C@H]1[C@H]2CC[C@@H](C2)[C@@H]1C(=O)Nc1nc2c(s1)CCCC2. The lowest BCUT2D eigenvalue weighted by molar-refractivity contribution is -0.314. The quantitative estimate of drug-likeness (QED) is 0.912. The highest BCUT2D eigenvalue weighted by Gasteiger charge is 2.51. The van der Waals surface area contributed by atoms with Gasteiger partial charge in [-0.1, -0.05) is 0 Å². The number of aryl methyl sites for hydroxylation is 2. The molecule has 0 aromatic carbocycles. The van der Waals surface area contributed by atoms with Crippen LogP contribution in [0.25, 0.3) is 0 Å². The van der Waals surface area contributed by atoms with Gasteiger partial charge in [-0.25, -0.2) is 4.98 Å². The van der Waals surface area contributed by atoms with Gasteiger partial charge >= 0.3 is 0 Å². The number of hydrogen-bond donors (Lipinski definition) is 1. The van der Waals surface area contributed by atoms with E-state index in [1.807, 2.05) is 0 Å². The maximum atomic E-state index is 12.6. The molecule has 22 heavy (non-hydrogen) atoms. The average molecular weight is 319 g/mol. The van der Waals surface area contributed by atoms with Crippen molar-refractivity contribution in [1.82, 2.24) is 4.98 Å². The maximum Gasteiger partial charge on any atom is 0.230 e. The van der Waals surface area contributed by atoms with E-state index in [4.69, 9.17) is 0 Å². The number of amides is 1. The first-order valence-electron chi connectivity index (χ1n) is 8.14. The van der Waals surface area contributed by atoms with E-state index in [0.29, 0.717) is 5.13 Å². The van der Waals surface area contributed by atoms with Crippen LogP contribution >= 0.6 is 11.3 Å². The Bertz CT molecular complexity index is 603. The summed E-state index contributed by atoms with van der Waals surface area (Å²) in [7, 11) is 0. The summed E-state index contributed by atoms with van der Waals surface area (Å²) in [5, 5.41) is 14.9. The predicted octanol–water partition coefficient (Wildman–Crippen LogP) is 1.37. The standard InChI is InChI=1S/C16H20N2O3S/c19-14(12-8-5-6-9(7-8)13(12)15(20)21)18-16-17-10-3-1-2-4-11(10)22-16/h8-9,12-13H,1-7H2,(H,20,21)(H,17,18,19)/p-1/t8-,9-,12-,13-/m0/s1. The van der Waals surface area contributed by atoms with Gasteiger partial charge in [-0.2, -0.15) is 0 Å². The number of carboxylic acid groups (broad SMARTS) is 1. The summed E-state index contributed by atoms with van der Waals surface area (Å²) >= 11 is 1.55. The number of aromatic nitrogens is 1. The third-order valence-electron chi connectivity index (χ3n) is 5.57. The van der Waals surface area contributed by atoms with Gasteiger partial charge in [0.15, 0.2) is 5.13 Å². The summed E-state index contributed by atoms with van der Waals surface area (Å²) in [5.41, 5.74) is 1.11. The third kappa shape index (κ3) is 2.24. The van der Waals surface area contributed by atoms with E-state index in [1.165, 1.54) is 11.3 Å². The summed E-state index contributed by atoms with van der Waals surface area (Å²) in [4.78, 5) is 29.8. The van der Waals surface area contributed by atoms with Crippen LogP contribution in [0.5, 0.6) is 0 Å². The summed E-state index contributed by atoms with van der Waals surface area (Å²) in [6.07, 6.45) is 7.09. The number of nitrogens with one attached hydrogen (secondary N) is 1. The van der Waals surface area contributed by atoms with Gasteiger partial charge in [0.2, 0.25) is 5.91 Å². The van der Waals surface area contributed by atoms with Crippen LogP contribution in [0.1, 0.15) is 42.7 Å². The van der Waals surface area contributed by atoms with Crippen molar-refractivity contribution in [2.75, 3.05) is 5.32 Å². The minimum Gasteiger partial charge on any atom is -0.550 e. The number of nitrogens with zero attached hydrogens (tertiary/aromatic N) is 1. The fourth-order valence-electron chi connectivity index (χ4n) is 4.60. The zero-order valence-corrected chi connectivity index (χ0v) is 13.2. The molecular formula is C16H19N2O3S-. The van der Waals surface area contributed by atoms with Gasteiger partial charge in [0.1, 0.15) is 0 Å². The number of rotatable bonds is 3. The molecule has 1 heterocycles. The molecule has 4 rings (SSSR count). The Hall–Kier alpha value is -1.43. The molecule has 3 aliphatic carbocycles. The Morgan fingerprint density at radius 1 is 1.14 bits per heavy atom. The number of aliphatic carboxylic acids is 1. The van der Waals surface area contributed by atoms with E-state index < -0.39 is 17.8 Å². The highest BCUT2D eigenvalue weighted by Crippen LogP contribution is 2.52. The normalized spacial score (nSPS) is 32.7. The van der Waals surface area contributed by atoms with Crippen LogP contribution in [0.2, 0.25) is 0 Å². The van der Waals surface area contributed by atoms with Gasteiger partial charge < -0.3 is 15.2 Å². The predicted molar refractivity (Wildman–Crippen MR) is 80.2 cm³/mol. The zero-order chi connectivity index (χ0) is 15.3. The molecule has 2 fully saturated rings. The lowest BCUT2D eigenvalue weighted by atomic mass is 9.79. The van der Waals surface area contributed by atoms with Crippen LogP contribution < -0.4 is 10.4 Å². The van der Waals surface area contributed by atoms with E-state index in [1.54, 1.807) is 11.3 Å². The molecule has 1 N–H and O–H groups in total. The Morgan fingerprint density at radius 3 is 2.59 bits per heavy atom. The van der Waals surface area contributed by atoms with Crippen molar-refractivity contribution in [2.24, 2.45) is 23.7 Å². The number of anilines is 1. The molecule has 0 unspecified atom stereocenters. The highest BCUT2D eigenvalue weighted by atomic mass is 32.1. The molecule has 2 bridgehead atoms. The van der Waals surface area contributed by atoms with E-state index in [-0.39, 0.29) is 17.7 Å². The molecular weight excluding hydrogens is 300 g/mol. The number of hydrogen-bond acceptors (Lipinski definition) is 5. The summed E-state index contributed by atoms with van der Waals surface area (Å²) < 4.78 is 0. The van der Waals surface area contributed by atoms with Crippen LogP contribution in [0, 0.1) is 23.7 Å². The largest absolute Gasteiger partial charge is 0.550 e. The molecule has 118 valence electrons. The molecule has 1 amide bonds. The van der Waals surface area contributed by atoms with Crippen molar-refractivity contribution >= 4 is 28.3 Å². The fraction of sp³-hybridized carbons (Fsp3) is 0.688. The number of fused-ring (bicyclic) bond motifs is 3. The van der Waals surface area contributed by atoms with Gasteiger partial charge in [-0.15, -0.1) is 11.3 Å². The zero-order valence-electron chi connectivity index (χ0n) is 12.3. The van der Waals surface area contributed by atoms with Crippen LogP contribution in [-0.4, -0.2) is 16.9 Å². The summed E-state index contributed by atoms with van der Waals surface area (Å²) in [6, 6.07) is 0. The molecule has 1 aromatic heterocycles. The fourth-order valence-corrected chi connectivity index (χ4v) is 5.65. The number of carbonyl (C=O) groups excluding carboxylic acids is 2. The second-order valence-electron chi connectivity index (χ2n) is 6.79. The number of carbonyl (C=O) groups is 2. The van der Waals surface area contributed by atoms with Gasteiger partial charge in [0.05, 0.1) is 5.69 Å². The Morgan fingerprint density at radius 2 is 1.86 bits per heavy atom. The first-order chi connectivity index (χ1) is 10.6. The molecule has 0 saturated heterocycles. The smallest absolute Gasteiger partial charge is 0.230 e. The topological polar surface area (TPSA) is 82.1 Å². The molecule has 1 aromatic rings. The van der Waals surface area contributed by atoms with E-state index >= 15 is 0 Å². The molecule has 0 aliphatic heterocycles. The first-order valence-corrected chi connectivity index (χ1v) is 8.95. The Balaban J connectivity index is 1.52. The molecule has 0 spiro atoms. The Labute approximate surface area is 133 Å². The van der Waals surface area contributed by atoms with Crippen LogP contribution in [0.4, 0.5) is 5.13 Å². The van der Waals surface area contributed by atoms with Crippen molar-refractivity contribution in [3.05, 3.63) is 10.6 Å². The van der Waals surface area contributed by atoms with Crippen molar-refractivity contribution in [1.29, 1.82) is 0 Å². The lowest BCUT2D eigenvalue weighted by Crippen LogP contribution is -2.43. The van der Waals surface area contributed by atoms with E-state index in [2.05, 4.69) is 10.3 Å². The molecule has 2 saturated carbocycles. The highest BCUT2D eigenvalue weighted by molar-refractivity contribution is 7.15. The second-order valence-corrected chi connectivity index (χ2v) is 7.87. The van der Waals surface area contributed by atoms with Gasteiger partial charge in [0.25, 0.3) is 0 Å². The van der Waals surface area contributed by atoms with Crippen LogP contribution in [-0.2, 0) is 22.4 Å². The Kier molecular flexibility index (Phi) is 3.44. The monoisotopic (exact) mass is 319 g/mol. The van der Waals surface area contributed by atoms with Crippen molar-refractivity contribution in [3.8, 4) is 0 Å². The van der Waals surface area contributed by atoms with Gasteiger partial charge in [0, 0.05) is 22.7 Å². The minimum absolute atomic E-state index is 0.121. The van der Waals surface area contributed by atoms with Crippen LogP contribution in [0.3, 0.4) is 0 Å². The molecule has 3 aliphatic rings. The minimum atomic E-state index is -1.06. The van der Waals surface area contributed by atoms with E-state index in [9.17, 15) is 14.7 Å². The lowest BCUT2D eigenvalue weighted by Gasteiger charge is -2.30. The van der Waals surface area contributed by atoms with Gasteiger partial charge in [-0.05, 0) is 56.8 Å². The average Bonchev–Trinajstić information content (AvgIpc) is 3.19. The van der Waals surface area contributed by atoms with Crippen molar-refractivity contribution in [3.63, 3.8) is 0 Å². The van der Waals surface area contributed by atoms with Crippen LogP contribution in [0.15, 0.2) is 0 Å². The first kappa shape index (κ1) is 14.2. The van der Waals surface area contributed by atoms with E-state index in [0.717, 1.165) is 44.2 Å². The maximum absolute atomic E-state index is 12.6. The van der Waals surface area contributed by atoms with Gasteiger partial charge in [-0.3, -0.25) is 4.79 Å². The number of thiazole rings is 1. The van der Waals surface area contributed by atoms with Crippen molar-refractivity contribution in [2.45, 2.75) is 44.9 Å². The second kappa shape index (κ2) is 5.33. The summed E-state index contributed by atoms with van der Waals surface area (Å²) in [6.45, 7) is 0. The number of carboxylic acids is 1. The molecule has 5 nitrogen and oxygen atoms in total. The van der Waals surface area contributed by atoms with Crippen molar-refractivity contribution < 1.29 is 14.7 Å². The summed E-state index contributed by atoms with van der Waals surface area (Å²) in [5.74, 6) is -1.98.